The summed E-state index contributed by atoms with van der Waals surface area (Å²) in [5, 5.41) is 21.0. The maximum atomic E-state index is 11.2. The van der Waals surface area contributed by atoms with Gasteiger partial charge in [0.15, 0.2) is 0 Å². The Bertz CT molecular complexity index is 655. The average Bonchev–Trinajstić information content (AvgIpc) is 2.79. The molecule has 0 aliphatic heterocycles. The number of halogens is 1. The van der Waals surface area contributed by atoms with Gasteiger partial charge in [0.25, 0.3) is 0 Å². The molecule has 4 rings (SSSR count). The van der Waals surface area contributed by atoms with E-state index in [0.717, 1.165) is 32.1 Å². The van der Waals surface area contributed by atoms with Crippen LogP contribution in [0.1, 0.15) is 56.1 Å². The zero-order valence-electron chi connectivity index (χ0n) is 13.6. The molecule has 0 aromatic heterocycles. The van der Waals surface area contributed by atoms with Crippen LogP contribution in [-0.4, -0.2) is 15.8 Å². The molecule has 0 heterocycles. The predicted molar refractivity (Wildman–Crippen MR) is 95.7 cm³/mol. The molecule has 124 valence electrons. The molecular formula is C20H25BrO2. The van der Waals surface area contributed by atoms with Crippen LogP contribution in [0.4, 0.5) is 0 Å². The molecule has 2 nitrogen and oxygen atoms in total. The molecule has 23 heavy (non-hydrogen) atoms. The van der Waals surface area contributed by atoms with Crippen LogP contribution >= 0.6 is 15.9 Å². The van der Waals surface area contributed by atoms with Gasteiger partial charge in [-0.15, -0.1) is 0 Å². The molecule has 0 radical (unpaired) electrons. The van der Waals surface area contributed by atoms with Crippen LogP contribution in [-0.2, 0) is 6.42 Å². The maximum Gasteiger partial charge on any atom is 0.115 e. The van der Waals surface area contributed by atoms with Gasteiger partial charge >= 0.3 is 0 Å². The first-order valence-electron chi connectivity index (χ1n) is 8.80. The van der Waals surface area contributed by atoms with Crippen molar-refractivity contribution in [3.8, 4) is 5.75 Å². The number of rotatable bonds is 1. The lowest BCUT2D eigenvalue weighted by molar-refractivity contribution is -0.0708. The highest BCUT2D eigenvalue weighted by Crippen LogP contribution is 2.64. The third kappa shape index (κ3) is 2.16. The van der Waals surface area contributed by atoms with Crippen LogP contribution in [0.3, 0.4) is 0 Å². The summed E-state index contributed by atoms with van der Waals surface area (Å²) < 4.78 is 0. The Morgan fingerprint density at radius 1 is 1.22 bits per heavy atom. The summed E-state index contributed by atoms with van der Waals surface area (Å²) in [4.78, 5) is 1.84. The highest BCUT2D eigenvalue weighted by Gasteiger charge is 2.60. The Balaban J connectivity index is 1.70. The summed E-state index contributed by atoms with van der Waals surface area (Å²) in [7, 11) is 0. The fraction of sp³-hybridized carbons (Fsp3) is 0.600. The van der Waals surface area contributed by atoms with E-state index in [2.05, 4.69) is 28.9 Å². The van der Waals surface area contributed by atoms with Crippen molar-refractivity contribution in [3.05, 3.63) is 40.4 Å². The fourth-order valence-corrected chi connectivity index (χ4v) is 6.44. The summed E-state index contributed by atoms with van der Waals surface area (Å²) in [5.74, 6) is 2.26. The van der Waals surface area contributed by atoms with Crippen molar-refractivity contribution in [2.75, 3.05) is 0 Å². The highest BCUT2D eigenvalue weighted by molar-refractivity contribution is 9.11. The van der Waals surface area contributed by atoms with Crippen molar-refractivity contribution in [1.82, 2.24) is 0 Å². The Morgan fingerprint density at radius 2 is 2.04 bits per heavy atom. The van der Waals surface area contributed by atoms with E-state index in [1.54, 1.807) is 0 Å². The molecule has 3 aliphatic carbocycles. The van der Waals surface area contributed by atoms with Crippen LogP contribution in [0.5, 0.6) is 5.75 Å². The summed E-state index contributed by atoms with van der Waals surface area (Å²) in [5.41, 5.74) is 2.12. The van der Waals surface area contributed by atoms with Gasteiger partial charge in [-0.1, -0.05) is 28.9 Å². The number of hydrogen-bond donors (Lipinski definition) is 2. The molecule has 3 heteroatoms. The number of hydrogen-bond acceptors (Lipinski definition) is 2. The molecule has 0 saturated heterocycles. The predicted octanol–water partition coefficient (Wildman–Crippen LogP) is 4.89. The van der Waals surface area contributed by atoms with Crippen molar-refractivity contribution < 1.29 is 10.2 Å². The molecule has 1 aromatic carbocycles. The van der Waals surface area contributed by atoms with Crippen molar-refractivity contribution in [2.45, 2.75) is 57.0 Å². The van der Waals surface area contributed by atoms with Crippen molar-refractivity contribution in [2.24, 2.45) is 17.3 Å². The van der Waals surface area contributed by atoms with Crippen LogP contribution in [0.2, 0.25) is 0 Å². The number of fused-ring (bicyclic) bond motifs is 5. The van der Waals surface area contributed by atoms with E-state index in [0.29, 0.717) is 23.5 Å². The molecule has 0 amide bonds. The molecule has 0 unspecified atom stereocenters. The van der Waals surface area contributed by atoms with Crippen LogP contribution in [0, 0.1) is 17.3 Å². The lowest BCUT2D eigenvalue weighted by Gasteiger charge is -2.52. The van der Waals surface area contributed by atoms with Crippen LogP contribution in [0.25, 0.3) is 0 Å². The van der Waals surface area contributed by atoms with Crippen molar-refractivity contribution in [1.29, 1.82) is 0 Å². The normalized spacial score (nSPS) is 42.3. The van der Waals surface area contributed by atoms with E-state index >= 15 is 0 Å². The molecule has 1 aromatic rings. The second kappa shape index (κ2) is 5.35. The molecular weight excluding hydrogens is 352 g/mol. The molecule has 2 fully saturated rings. The largest absolute Gasteiger partial charge is 0.508 e. The standard InChI is InChI=1S/C20H25BrO2/c1-19-8-6-16-15-5-3-14(22)12-13(15)2-4-17(16)18(19)7-9-20(19,23)10-11-21/h3,5,10-12,16-18,22-23H,2,4,6-9H2,1H3/b11-10-/t16-,17-,18+,19+,20-/m1/s1. The first kappa shape index (κ1) is 15.7. The van der Waals surface area contributed by atoms with Gasteiger partial charge < -0.3 is 10.2 Å². The molecule has 0 bridgehead atoms. The Kier molecular flexibility index (Phi) is 3.66. The number of phenolic OH excluding ortho intramolecular Hbond substituents is 1. The molecule has 3 aliphatic rings. The second-order valence-corrected chi connectivity index (χ2v) is 8.54. The Labute approximate surface area is 146 Å². The summed E-state index contributed by atoms with van der Waals surface area (Å²) >= 11 is 3.37. The number of aromatic hydroxyl groups is 1. The number of aliphatic hydroxyl groups is 1. The minimum Gasteiger partial charge on any atom is -0.508 e. The van der Waals surface area contributed by atoms with Gasteiger partial charge in [-0.3, -0.25) is 0 Å². The van der Waals surface area contributed by atoms with Crippen LogP contribution in [0.15, 0.2) is 29.3 Å². The van der Waals surface area contributed by atoms with E-state index in [1.807, 2.05) is 23.2 Å². The first-order valence-corrected chi connectivity index (χ1v) is 9.72. The fourth-order valence-electron chi connectivity index (χ4n) is 6.00. The van der Waals surface area contributed by atoms with E-state index in [4.69, 9.17) is 0 Å². The third-order valence-electron chi connectivity index (χ3n) is 7.26. The zero-order chi connectivity index (χ0) is 16.2. The van der Waals surface area contributed by atoms with Gasteiger partial charge in [0, 0.05) is 5.41 Å². The molecule has 2 N–H and O–H groups in total. The maximum absolute atomic E-state index is 11.2. The van der Waals surface area contributed by atoms with E-state index in [9.17, 15) is 10.2 Å². The first-order chi connectivity index (χ1) is 11.0. The van der Waals surface area contributed by atoms with E-state index in [1.165, 1.54) is 17.5 Å². The van der Waals surface area contributed by atoms with Gasteiger partial charge in [-0.05, 0) is 90.6 Å². The Hall–Kier alpha value is -0.800. The molecule has 5 atom stereocenters. The SMILES string of the molecule is C[C@]12CC[C@@H]3c4ccc(O)cc4CC[C@H]3[C@@H]1CC[C@@]2(O)/C=C\Br. The van der Waals surface area contributed by atoms with E-state index < -0.39 is 5.60 Å². The van der Waals surface area contributed by atoms with Gasteiger partial charge in [0.1, 0.15) is 5.75 Å². The Morgan fingerprint density at radius 3 is 2.83 bits per heavy atom. The highest BCUT2D eigenvalue weighted by atomic mass is 79.9. The number of phenols is 1. The summed E-state index contributed by atoms with van der Waals surface area (Å²) in [6, 6.07) is 5.94. The number of aryl methyl sites for hydroxylation is 1. The monoisotopic (exact) mass is 376 g/mol. The lowest BCUT2D eigenvalue weighted by Crippen LogP contribution is -2.49. The molecule has 2 saturated carbocycles. The second-order valence-electron chi connectivity index (χ2n) is 8.01. The lowest BCUT2D eigenvalue weighted by atomic mass is 9.53. The minimum atomic E-state index is -0.665. The summed E-state index contributed by atoms with van der Waals surface area (Å²) in [6.07, 6.45) is 8.45. The average molecular weight is 377 g/mol. The summed E-state index contributed by atoms with van der Waals surface area (Å²) in [6.45, 7) is 2.31. The number of benzene rings is 1. The smallest absolute Gasteiger partial charge is 0.115 e. The third-order valence-corrected chi connectivity index (χ3v) is 7.53. The van der Waals surface area contributed by atoms with E-state index in [-0.39, 0.29) is 5.41 Å². The van der Waals surface area contributed by atoms with Gasteiger partial charge in [-0.2, -0.15) is 0 Å². The topological polar surface area (TPSA) is 40.5 Å². The van der Waals surface area contributed by atoms with Gasteiger partial charge in [0.2, 0.25) is 0 Å². The molecule has 0 spiro atoms. The zero-order valence-corrected chi connectivity index (χ0v) is 15.2. The minimum absolute atomic E-state index is 0.00708. The van der Waals surface area contributed by atoms with Gasteiger partial charge in [-0.25, -0.2) is 0 Å². The quantitative estimate of drug-likeness (QED) is 0.732. The van der Waals surface area contributed by atoms with Crippen molar-refractivity contribution in [3.63, 3.8) is 0 Å². The van der Waals surface area contributed by atoms with Crippen LogP contribution < -0.4 is 0 Å². The van der Waals surface area contributed by atoms with Crippen molar-refractivity contribution >= 4 is 15.9 Å². The van der Waals surface area contributed by atoms with Gasteiger partial charge in [0.05, 0.1) is 5.60 Å².